The van der Waals surface area contributed by atoms with E-state index in [0.29, 0.717) is 24.1 Å². The Morgan fingerprint density at radius 3 is 3.07 bits per heavy atom. The number of nitrogens with zero attached hydrogens (tertiary/aromatic N) is 2. The lowest BCUT2D eigenvalue weighted by atomic mass is 9.77. The zero-order chi connectivity index (χ0) is 21.0. The Morgan fingerprint density at radius 1 is 1.47 bits per heavy atom. The number of fused-ring (bicyclic) bond motifs is 2. The van der Waals surface area contributed by atoms with Crippen molar-refractivity contribution in [3.63, 3.8) is 0 Å². The summed E-state index contributed by atoms with van der Waals surface area (Å²) in [4.78, 5) is 32.7. The van der Waals surface area contributed by atoms with Gasteiger partial charge in [-0.1, -0.05) is 37.3 Å². The van der Waals surface area contributed by atoms with Crippen molar-refractivity contribution >= 4 is 38.5 Å². The molecule has 1 N–H and O–H groups in total. The summed E-state index contributed by atoms with van der Waals surface area (Å²) in [7, 11) is 1.62. The number of rotatable bonds is 6. The van der Waals surface area contributed by atoms with Gasteiger partial charge in [-0.05, 0) is 24.5 Å². The third kappa shape index (κ3) is 2.93. The summed E-state index contributed by atoms with van der Waals surface area (Å²) in [6.45, 7) is 5.24. The van der Waals surface area contributed by atoms with Crippen molar-refractivity contribution in [2.24, 2.45) is 17.8 Å². The van der Waals surface area contributed by atoms with E-state index in [2.05, 4.69) is 24.1 Å². The van der Waals surface area contributed by atoms with Crippen LogP contribution in [0.15, 0.2) is 30.4 Å². The fraction of sp³-hybridized carbons (Fsp3) is 0.500. The predicted molar refractivity (Wildman–Crippen MR) is 115 cm³/mol. The topological polar surface area (TPSA) is 80.8 Å². The maximum atomic E-state index is 13.4. The van der Waals surface area contributed by atoms with Gasteiger partial charge in [0.05, 0.1) is 41.8 Å². The first kappa shape index (κ1) is 19.5. The number of amides is 2. The number of aromatic nitrogens is 1. The quantitative estimate of drug-likeness (QED) is 0.717. The van der Waals surface area contributed by atoms with E-state index in [1.807, 2.05) is 30.4 Å². The maximum Gasteiger partial charge on any atom is 0.236 e. The molecule has 30 heavy (non-hydrogen) atoms. The van der Waals surface area contributed by atoms with Crippen LogP contribution in [0.3, 0.4) is 0 Å². The summed E-state index contributed by atoms with van der Waals surface area (Å²) in [6, 6.07) is 5.69. The van der Waals surface area contributed by atoms with Crippen LogP contribution in [0.2, 0.25) is 0 Å². The molecule has 4 heterocycles. The molecule has 1 aromatic carbocycles. The number of carbonyl (C=O) groups excluding carboxylic acids is 2. The lowest BCUT2D eigenvalue weighted by Crippen LogP contribution is -2.44. The smallest absolute Gasteiger partial charge is 0.236 e. The van der Waals surface area contributed by atoms with Crippen LogP contribution in [-0.2, 0) is 14.3 Å². The van der Waals surface area contributed by atoms with Crippen molar-refractivity contribution in [2.75, 3.05) is 25.1 Å². The van der Waals surface area contributed by atoms with Gasteiger partial charge in [-0.3, -0.25) is 14.5 Å². The second kappa shape index (κ2) is 7.06. The van der Waals surface area contributed by atoms with Crippen LogP contribution in [0.25, 0.3) is 10.2 Å². The number of thiazole rings is 1. The minimum atomic E-state index is -0.739. The number of nitrogens with one attached hydrogen (secondary N) is 1. The van der Waals surface area contributed by atoms with Crippen molar-refractivity contribution in [3.05, 3.63) is 30.4 Å². The summed E-state index contributed by atoms with van der Waals surface area (Å²) >= 11 is 1.46. The van der Waals surface area contributed by atoms with Crippen LogP contribution in [-0.4, -0.2) is 48.7 Å². The zero-order valence-corrected chi connectivity index (χ0v) is 18.1. The molecule has 3 aliphatic rings. The number of hydrogen-bond donors (Lipinski definition) is 1. The standard InChI is InChI=1S/C22H25N3O4S/c1-12(2)7-9-23-19(26)17-15-6-8-22(29-15)11-25(20(27)18(17)22)21-24-14-10-13(28-3)4-5-16(14)30-21/h4-6,8,10,12,15,17-18H,7,9,11H2,1-3H3,(H,23,26)/t15-,17-,18-,22+/m1/s1. The third-order valence-corrected chi connectivity index (χ3v) is 7.30. The summed E-state index contributed by atoms with van der Waals surface area (Å²) in [5, 5.41) is 3.64. The molecule has 2 saturated heterocycles. The van der Waals surface area contributed by atoms with Crippen molar-refractivity contribution in [3.8, 4) is 5.75 Å². The van der Waals surface area contributed by atoms with Gasteiger partial charge in [-0.2, -0.15) is 0 Å². The highest BCUT2D eigenvalue weighted by Crippen LogP contribution is 2.53. The van der Waals surface area contributed by atoms with Gasteiger partial charge in [0.25, 0.3) is 0 Å². The minimum Gasteiger partial charge on any atom is -0.497 e. The van der Waals surface area contributed by atoms with E-state index in [1.165, 1.54) is 11.3 Å². The molecule has 5 rings (SSSR count). The molecule has 0 aliphatic carbocycles. The molecule has 4 atom stereocenters. The molecule has 0 saturated carbocycles. The molecule has 0 radical (unpaired) electrons. The molecule has 158 valence electrons. The van der Waals surface area contributed by atoms with Crippen LogP contribution >= 0.6 is 11.3 Å². The predicted octanol–water partition coefficient (Wildman–Crippen LogP) is 2.75. The van der Waals surface area contributed by atoms with Crippen LogP contribution < -0.4 is 15.0 Å². The monoisotopic (exact) mass is 427 g/mol. The summed E-state index contributed by atoms with van der Waals surface area (Å²) in [5.74, 6) is 0.0555. The van der Waals surface area contributed by atoms with Crippen molar-refractivity contribution in [1.29, 1.82) is 0 Å². The summed E-state index contributed by atoms with van der Waals surface area (Å²) < 4.78 is 12.5. The summed E-state index contributed by atoms with van der Waals surface area (Å²) in [6.07, 6.45) is 4.47. The van der Waals surface area contributed by atoms with Crippen LogP contribution in [0.4, 0.5) is 5.13 Å². The Labute approximate surface area is 179 Å². The largest absolute Gasteiger partial charge is 0.497 e. The fourth-order valence-electron chi connectivity index (χ4n) is 4.70. The second-order valence-corrected chi connectivity index (χ2v) is 9.64. The zero-order valence-electron chi connectivity index (χ0n) is 17.3. The molecular formula is C22H25N3O4S. The van der Waals surface area contributed by atoms with Gasteiger partial charge in [0, 0.05) is 12.6 Å². The normalized spacial score (nSPS) is 29.3. The van der Waals surface area contributed by atoms with Gasteiger partial charge >= 0.3 is 0 Å². The average Bonchev–Trinajstić information content (AvgIpc) is 3.45. The van der Waals surface area contributed by atoms with E-state index in [9.17, 15) is 9.59 Å². The van der Waals surface area contributed by atoms with Gasteiger partial charge in [-0.25, -0.2) is 4.98 Å². The SMILES string of the molecule is COc1ccc2sc(N3C[C@]45C=C[C@@H](O4)[C@@H](C(=O)NCCC(C)C)[C@@H]5C3=O)nc2c1. The average molecular weight is 428 g/mol. The highest BCUT2D eigenvalue weighted by atomic mass is 32.1. The molecule has 0 unspecified atom stereocenters. The molecule has 7 nitrogen and oxygen atoms in total. The second-order valence-electron chi connectivity index (χ2n) is 8.63. The Morgan fingerprint density at radius 2 is 2.30 bits per heavy atom. The molecule has 3 aliphatic heterocycles. The van der Waals surface area contributed by atoms with E-state index in [4.69, 9.17) is 9.47 Å². The van der Waals surface area contributed by atoms with Gasteiger partial charge in [0.2, 0.25) is 11.8 Å². The molecular weight excluding hydrogens is 402 g/mol. The first-order valence-corrected chi connectivity index (χ1v) is 11.1. The van der Waals surface area contributed by atoms with E-state index in [0.717, 1.165) is 22.4 Å². The van der Waals surface area contributed by atoms with E-state index < -0.39 is 17.4 Å². The first-order chi connectivity index (χ1) is 14.4. The molecule has 8 heteroatoms. The molecule has 2 aromatic rings. The van der Waals surface area contributed by atoms with Gasteiger partial charge < -0.3 is 14.8 Å². The van der Waals surface area contributed by atoms with Crippen LogP contribution in [0.5, 0.6) is 5.75 Å². The lowest BCUT2D eigenvalue weighted by molar-refractivity contribution is -0.131. The molecule has 1 spiro atoms. The fourth-order valence-corrected chi connectivity index (χ4v) is 5.65. The number of carbonyl (C=O) groups is 2. The van der Waals surface area contributed by atoms with Gasteiger partial charge in [0.1, 0.15) is 11.4 Å². The van der Waals surface area contributed by atoms with Crippen molar-refractivity contribution < 1.29 is 19.1 Å². The number of benzene rings is 1. The Kier molecular flexibility index (Phi) is 4.59. The van der Waals surface area contributed by atoms with Crippen LogP contribution in [0.1, 0.15) is 20.3 Å². The third-order valence-electron chi connectivity index (χ3n) is 6.24. The van der Waals surface area contributed by atoms with E-state index >= 15 is 0 Å². The molecule has 1 aromatic heterocycles. The van der Waals surface area contributed by atoms with E-state index in [-0.39, 0.29) is 17.9 Å². The van der Waals surface area contributed by atoms with Crippen LogP contribution in [0, 0.1) is 17.8 Å². The highest BCUT2D eigenvalue weighted by molar-refractivity contribution is 7.22. The number of ether oxygens (including phenoxy) is 2. The highest BCUT2D eigenvalue weighted by Gasteiger charge is 2.67. The molecule has 2 amide bonds. The summed E-state index contributed by atoms with van der Waals surface area (Å²) in [5.41, 5.74) is 0.0533. The van der Waals surface area contributed by atoms with Crippen molar-refractivity contribution in [1.82, 2.24) is 10.3 Å². The first-order valence-electron chi connectivity index (χ1n) is 10.3. The van der Waals surface area contributed by atoms with Gasteiger partial charge in [0.15, 0.2) is 5.13 Å². The molecule has 2 fully saturated rings. The molecule has 2 bridgehead atoms. The number of methoxy groups -OCH3 is 1. The Bertz CT molecular complexity index is 1050. The number of anilines is 1. The lowest BCUT2D eigenvalue weighted by Gasteiger charge is -2.23. The van der Waals surface area contributed by atoms with Gasteiger partial charge in [-0.15, -0.1) is 0 Å². The number of hydrogen-bond acceptors (Lipinski definition) is 6. The maximum absolute atomic E-state index is 13.4. The Hall–Kier alpha value is -2.45. The van der Waals surface area contributed by atoms with E-state index in [1.54, 1.807) is 12.0 Å². The Balaban J connectivity index is 1.41. The minimum absolute atomic E-state index is 0.0862. The van der Waals surface area contributed by atoms with Crippen molar-refractivity contribution in [2.45, 2.75) is 32.0 Å².